The van der Waals surface area contributed by atoms with E-state index in [-0.39, 0.29) is 27.8 Å². The number of nitrogens with two attached hydrogens (primary N) is 1. The molecule has 13 heteroatoms. The summed E-state index contributed by atoms with van der Waals surface area (Å²) in [5.74, 6) is -0.820. The fourth-order valence-corrected chi connectivity index (χ4v) is 2.87. The quantitative estimate of drug-likeness (QED) is 0.586. The first kappa shape index (κ1) is 20.5. The summed E-state index contributed by atoms with van der Waals surface area (Å²) in [6.07, 6.45) is -1.89. The van der Waals surface area contributed by atoms with Gasteiger partial charge < -0.3 is 15.8 Å². The van der Waals surface area contributed by atoms with Gasteiger partial charge in [0, 0.05) is 22.4 Å². The normalized spacial score (nSPS) is 12.4. The van der Waals surface area contributed by atoms with Crippen LogP contribution >= 0.6 is 15.9 Å². The van der Waals surface area contributed by atoms with Gasteiger partial charge in [-0.3, -0.25) is 4.79 Å². The second kappa shape index (κ2) is 8.03. The van der Waals surface area contributed by atoms with E-state index in [2.05, 4.69) is 46.0 Å². The summed E-state index contributed by atoms with van der Waals surface area (Å²) in [4.78, 5) is 24.7. The molecule has 0 fully saturated rings. The van der Waals surface area contributed by atoms with Gasteiger partial charge in [0.15, 0.2) is 5.82 Å². The number of halogens is 4. The van der Waals surface area contributed by atoms with Gasteiger partial charge in [0.2, 0.25) is 5.95 Å². The van der Waals surface area contributed by atoms with E-state index in [9.17, 15) is 18.0 Å². The van der Waals surface area contributed by atoms with Crippen LogP contribution in [0.5, 0.6) is 5.75 Å². The van der Waals surface area contributed by atoms with Gasteiger partial charge >= 0.3 is 6.36 Å². The van der Waals surface area contributed by atoms with E-state index < -0.39 is 24.1 Å². The maximum absolute atomic E-state index is 12.6. The van der Waals surface area contributed by atoms with E-state index in [1.54, 1.807) is 13.0 Å². The monoisotopic (exact) mass is 471 g/mol. The van der Waals surface area contributed by atoms with Crippen LogP contribution in [0.1, 0.15) is 29.1 Å². The molecular formula is C16H13BrF3N7O2. The molecular weight excluding hydrogens is 459 g/mol. The minimum Gasteiger partial charge on any atom is -0.406 e. The first-order valence-electron chi connectivity index (χ1n) is 7.99. The lowest BCUT2D eigenvalue weighted by Crippen LogP contribution is -2.29. The van der Waals surface area contributed by atoms with Crippen molar-refractivity contribution in [2.24, 2.45) is 0 Å². The summed E-state index contributed by atoms with van der Waals surface area (Å²) in [5.41, 5.74) is 5.60. The van der Waals surface area contributed by atoms with Crippen molar-refractivity contribution in [3.8, 4) is 11.7 Å². The topological polar surface area (TPSA) is 121 Å². The highest BCUT2D eigenvalue weighted by Gasteiger charge is 2.31. The Labute approximate surface area is 170 Å². The van der Waals surface area contributed by atoms with Gasteiger partial charge in [-0.1, -0.05) is 15.9 Å². The zero-order valence-corrected chi connectivity index (χ0v) is 16.3. The van der Waals surface area contributed by atoms with Crippen molar-refractivity contribution in [3.63, 3.8) is 0 Å². The first-order valence-corrected chi connectivity index (χ1v) is 8.79. The zero-order valence-electron chi connectivity index (χ0n) is 14.7. The third-order valence-electron chi connectivity index (χ3n) is 3.49. The average molecular weight is 472 g/mol. The van der Waals surface area contributed by atoms with Crippen LogP contribution in [0.3, 0.4) is 0 Å². The molecule has 2 aromatic heterocycles. The van der Waals surface area contributed by atoms with Crippen LogP contribution < -0.4 is 15.8 Å². The molecule has 1 unspecified atom stereocenters. The molecule has 152 valence electrons. The smallest absolute Gasteiger partial charge is 0.406 e. The number of anilines is 1. The molecule has 3 rings (SSSR count). The molecule has 0 spiro atoms. The van der Waals surface area contributed by atoms with Crippen LogP contribution in [-0.2, 0) is 0 Å². The van der Waals surface area contributed by atoms with Crippen molar-refractivity contribution in [1.29, 1.82) is 0 Å². The van der Waals surface area contributed by atoms with Crippen molar-refractivity contribution >= 4 is 27.8 Å². The van der Waals surface area contributed by atoms with Gasteiger partial charge in [0.1, 0.15) is 5.75 Å². The Morgan fingerprint density at radius 2 is 1.97 bits per heavy atom. The predicted molar refractivity (Wildman–Crippen MR) is 98.1 cm³/mol. The number of rotatable bonds is 5. The molecule has 0 bridgehead atoms. The van der Waals surface area contributed by atoms with E-state index in [0.29, 0.717) is 0 Å². The Balaban J connectivity index is 1.84. The second-order valence-electron chi connectivity index (χ2n) is 5.71. The summed E-state index contributed by atoms with van der Waals surface area (Å²) in [6.45, 7) is 1.60. The number of hydrogen-bond acceptors (Lipinski definition) is 7. The minimum absolute atomic E-state index is 0.0551. The maximum atomic E-state index is 12.6. The summed E-state index contributed by atoms with van der Waals surface area (Å²) >= 11 is 3.06. The second-order valence-corrected chi connectivity index (χ2v) is 6.62. The molecule has 3 aromatic rings. The summed E-state index contributed by atoms with van der Waals surface area (Å²) in [7, 11) is 0. The Bertz CT molecular complexity index is 1030. The molecule has 0 radical (unpaired) electrons. The molecule has 1 amide bonds. The Morgan fingerprint density at radius 3 is 2.62 bits per heavy atom. The number of nitrogens with zero attached hydrogens (tertiary/aromatic N) is 5. The summed E-state index contributed by atoms with van der Waals surface area (Å²) < 4.78 is 42.8. The number of carbonyl (C=O) groups excluding carboxylic acids is 1. The molecule has 3 N–H and O–H groups in total. The van der Waals surface area contributed by atoms with Crippen LogP contribution in [-0.4, -0.2) is 37.0 Å². The standard InChI is InChI=1S/C16H13BrF3N7O2/c1-8(12-25-14(21)26-27(12)15-22-3-2-4-23-15)24-13(28)9-5-10(17)7-11(6-9)29-16(18,19)20/h2-8H,1H3,(H2,21,26)(H,24,28). The Hall–Kier alpha value is -3.22. The number of ether oxygens (including phenoxy) is 1. The summed E-state index contributed by atoms with van der Waals surface area (Å²) in [6, 6.07) is 4.31. The SMILES string of the molecule is CC(NC(=O)c1cc(Br)cc(OC(F)(F)F)c1)c1nc(N)nn1-c1ncccn1. The third kappa shape index (κ3) is 5.19. The molecule has 2 heterocycles. The van der Waals surface area contributed by atoms with E-state index in [0.717, 1.165) is 12.1 Å². The van der Waals surface area contributed by atoms with Crippen LogP contribution in [0, 0.1) is 0 Å². The highest BCUT2D eigenvalue weighted by atomic mass is 79.9. The van der Waals surface area contributed by atoms with Gasteiger partial charge in [0.25, 0.3) is 11.9 Å². The van der Waals surface area contributed by atoms with Crippen molar-refractivity contribution < 1.29 is 22.7 Å². The average Bonchev–Trinajstić information content (AvgIpc) is 3.02. The van der Waals surface area contributed by atoms with Crippen molar-refractivity contribution in [2.75, 3.05) is 5.73 Å². The number of benzene rings is 1. The number of carbonyl (C=O) groups is 1. The van der Waals surface area contributed by atoms with E-state index in [4.69, 9.17) is 5.73 Å². The van der Waals surface area contributed by atoms with E-state index in [1.807, 2.05) is 0 Å². The molecule has 0 aliphatic rings. The van der Waals surface area contributed by atoms with Crippen LogP contribution in [0.4, 0.5) is 19.1 Å². The molecule has 29 heavy (non-hydrogen) atoms. The van der Waals surface area contributed by atoms with Gasteiger partial charge in [-0.15, -0.1) is 18.3 Å². The van der Waals surface area contributed by atoms with Gasteiger partial charge in [0.05, 0.1) is 6.04 Å². The lowest BCUT2D eigenvalue weighted by Gasteiger charge is -2.15. The highest BCUT2D eigenvalue weighted by Crippen LogP contribution is 2.27. The van der Waals surface area contributed by atoms with Crippen LogP contribution in [0.15, 0.2) is 41.1 Å². The molecule has 0 saturated carbocycles. The molecule has 0 saturated heterocycles. The Morgan fingerprint density at radius 1 is 1.28 bits per heavy atom. The maximum Gasteiger partial charge on any atom is 0.573 e. The zero-order chi connectivity index (χ0) is 21.2. The van der Waals surface area contributed by atoms with Gasteiger partial charge in [-0.05, 0) is 31.2 Å². The largest absolute Gasteiger partial charge is 0.573 e. The number of nitrogen functional groups attached to an aromatic ring is 1. The number of alkyl halides is 3. The minimum atomic E-state index is -4.88. The highest BCUT2D eigenvalue weighted by molar-refractivity contribution is 9.10. The Kier molecular flexibility index (Phi) is 5.68. The van der Waals surface area contributed by atoms with Crippen molar-refractivity contribution in [2.45, 2.75) is 19.3 Å². The lowest BCUT2D eigenvalue weighted by molar-refractivity contribution is -0.274. The number of amides is 1. The van der Waals surface area contributed by atoms with Crippen molar-refractivity contribution in [3.05, 3.63) is 52.5 Å². The fraction of sp³-hybridized carbons (Fsp3) is 0.188. The van der Waals surface area contributed by atoms with Gasteiger partial charge in [-0.25, -0.2) is 9.97 Å². The lowest BCUT2D eigenvalue weighted by atomic mass is 10.2. The third-order valence-corrected chi connectivity index (χ3v) is 3.95. The molecule has 0 aliphatic heterocycles. The molecule has 1 aromatic carbocycles. The molecule has 1 atom stereocenters. The van der Waals surface area contributed by atoms with Crippen LogP contribution in [0.2, 0.25) is 0 Å². The fourth-order valence-electron chi connectivity index (χ4n) is 2.40. The number of hydrogen-bond donors (Lipinski definition) is 2. The molecule has 9 nitrogen and oxygen atoms in total. The van der Waals surface area contributed by atoms with E-state index in [1.165, 1.54) is 23.1 Å². The summed E-state index contributed by atoms with van der Waals surface area (Å²) in [5, 5.41) is 6.63. The van der Waals surface area contributed by atoms with Gasteiger partial charge in [-0.2, -0.15) is 9.67 Å². The number of nitrogens with one attached hydrogen (secondary N) is 1. The van der Waals surface area contributed by atoms with Crippen molar-refractivity contribution in [1.82, 2.24) is 30.0 Å². The molecule has 0 aliphatic carbocycles. The first-order chi connectivity index (χ1) is 13.6. The number of aromatic nitrogens is 5. The van der Waals surface area contributed by atoms with Crippen LogP contribution in [0.25, 0.3) is 5.95 Å². The van der Waals surface area contributed by atoms with E-state index >= 15 is 0 Å². The predicted octanol–water partition coefficient (Wildman–Crippen LogP) is 2.79.